The second-order valence-electron chi connectivity index (χ2n) is 7.26. The molecule has 0 unspecified atom stereocenters. The molecule has 172 valence electrons. The van der Waals surface area contributed by atoms with Gasteiger partial charge in [0.2, 0.25) is 0 Å². The molecule has 0 saturated carbocycles. The van der Waals surface area contributed by atoms with Gasteiger partial charge >= 0.3 is 0 Å². The lowest BCUT2D eigenvalue weighted by molar-refractivity contribution is 0.145. The minimum absolute atomic E-state index is 0. The Balaban J connectivity index is 0.00000363. The quantitative estimate of drug-likeness (QED) is 0.175. The van der Waals surface area contributed by atoms with Crippen LogP contribution in [0.25, 0.3) is 0 Å². The first-order chi connectivity index (χ1) is 15.2. The van der Waals surface area contributed by atoms with E-state index in [0.29, 0.717) is 26.3 Å². The van der Waals surface area contributed by atoms with Crippen LogP contribution in [0.3, 0.4) is 0 Å². The van der Waals surface area contributed by atoms with E-state index >= 15 is 0 Å². The highest BCUT2D eigenvalue weighted by atomic mass is 127. The molecule has 0 atom stereocenters. The molecule has 0 fully saturated rings. The van der Waals surface area contributed by atoms with Gasteiger partial charge in [0.05, 0.1) is 13.2 Å². The van der Waals surface area contributed by atoms with Gasteiger partial charge < -0.3 is 20.1 Å². The number of rotatable bonds is 10. The van der Waals surface area contributed by atoms with Gasteiger partial charge in [0.15, 0.2) is 5.96 Å². The molecule has 0 radical (unpaired) electrons. The predicted molar refractivity (Wildman–Crippen MR) is 139 cm³/mol. The Morgan fingerprint density at radius 1 is 1.03 bits per heavy atom. The van der Waals surface area contributed by atoms with Gasteiger partial charge in [0.25, 0.3) is 0 Å². The van der Waals surface area contributed by atoms with Crippen molar-refractivity contribution in [3.05, 3.63) is 83.2 Å². The van der Waals surface area contributed by atoms with E-state index in [1.165, 1.54) is 11.1 Å². The fourth-order valence-electron chi connectivity index (χ4n) is 3.18. The third-order valence-electron chi connectivity index (χ3n) is 4.79. The highest BCUT2D eigenvalue weighted by Crippen LogP contribution is 2.20. The number of halogens is 1. The maximum absolute atomic E-state index is 5.88. The number of guanidine groups is 1. The molecule has 7 nitrogen and oxygen atoms in total. The molecule has 3 rings (SSSR count). The van der Waals surface area contributed by atoms with E-state index in [9.17, 15) is 0 Å². The monoisotopic (exact) mass is 549 g/mol. The van der Waals surface area contributed by atoms with Crippen molar-refractivity contribution in [2.24, 2.45) is 4.99 Å². The smallest absolute Gasteiger partial charge is 0.191 e. The van der Waals surface area contributed by atoms with Crippen LogP contribution >= 0.6 is 24.0 Å². The van der Waals surface area contributed by atoms with E-state index in [-0.39, 0.29) is 24.0 Å². The average Bonchev–Trinajstić information content (AvgIpc) is 3.28. The van der Waals surface area contributed by atoms with Crippen molar-refractivity contribution in [2.45, 2.75) is 26.6 Å². The zero-order valence-corrected chi connectivity index (χ0v) is 21.2. The van der Waals surface area contributed by atoms with Gasteiger partial charge in [-0.05, 0) is 35.7 Å². The molecule has 1 aromatic heterocycles. The molecule has 0 saturated heterocycles. The lowest BCUT2D eigenvalue weighted by Crippen LogP contribution is -2.36. The number of benzene rings is 2. The molecule has 0 aliphatic rings. The number of aliphatic imine (C=N–C) groups is 1. The van der Waals surface area contributed by atoms with E-state index in [0.717, 1.165) is 29.4 Å². The lowest BCUT2D eigenvalue weighted by Gasteiger charge is -2.16. The average molecular weight is 549 g/mol. The van der Waals surface area contributed by atoms with Gasteiger partial charge in [0, 0.05) is 45.2 Å². The number of nitrogens with zero attached hydrogens (tertiary/aromatic N) is 3. The van der Waals surface area contributed by atoms with Gasteiger partial charge in [-0.1, -0.05) is 36.4 Å². The van der Waals surface area contributed by atoms with Gasteiger partial charge in [-0.15, -0.1) is 24.0 Å². The van der Waals surface area contributed by atoms with E-state index in [4.69, 9.17) is 9.47 Å². The Morgan fingerprint density at radius 3 is 2.59 bits per heavy atom. The summed E-state index contributed by atoms with van der Waals surface area (Å²) in [5, 5.41) is 11.0. The van der Waals surface area contributed by atoms with Crippen LogP contribution in [0.15, 0.2) is 65.9 Å². The Labute approximate surface area is 207 Å². The van der Waals surface area contributed by atoms with E-state index in [2.05, 4.69) is 64.0 Å². The molecular weight excluding hydrogens is 517 g/mol. The molecule has 0 aliphatic heterocycles. The maximum atomic E-state index is 5.88. The normalized spacial score (nSPS) is 11.0. The minimum atomic E-state index is 0. The van der Waals surface area contributed by atoms with Crippen molar-refractivity contribution < 1.29 is 9.47 Å². The van der Waals surface area contributed by atoms with Crippen molar-refractivity contribution in [3.63, 3.8) is 0 Å². The maximum Gasteiger partial charge on any atom is 0.191 e. The summed E-state index contributed by atoms with van der Waals surface area (Å²) in [6.45, 7) is 5.19. The molecule has 2 aromatic carbocycles. The Kier molecular flexibility index (Phi) is 11.0. The summed E-state index contributed by atoms with van der Waals surface area (Å²) in [6.07, 6.45) is 3.76. The van der Waals surface area contributed by atoms with Crippen molar-refractivity contribution in [1.82, 2.24) is 20.4 Å². The van der Waals surface area contributed by atoms with E-state index in [1.807, 2.05) is 23.0 Å². The topological polar surface area (TPSA) is 72.7 Å². The van der Waals surface area contributed by atoms with Gasteiger partial charge in [-0.25, -0.2) is 0 Å². The number of nitrogens with one attached hydrogen (secondary N) is 2. The second kappa shape index (κ2) is 13.7. The summed E-state index contributed by atoms with van der Waals surface area (Å²) < 4.78 is 12.9. The minimum Gasteiger partial charge on any atom is -0.491 e. The molecule has 3 aromatic rings. The largest absolute Gasteiger partial charge is 0.491 e. The summed E-state index contributed by atoms with van der Waals surface area (Å²) in [4.78, 5) is 4.34. The number of ether oxygens (including phenoxy) is 2. The Hall–Kier alpha value is -2.59. The third-order valence-corrected chi connectivity index (χ3v) is 4.79. The van der Waals surface area contributed by atoms with Crippen LogP contribution in [0.1, 0.15) is 22.3 Å². The van der Waals surface area contributed by atoms with Gasteiger partial charge in [-0.2, -0.15) is 5.10 Å². The van der Waals surface area contributed by atoms with Crippen molar-refractivity contribution in [2.75, 3.05) is 27.4 Å². The lowest BCUT2D eigenvalue weighted by atomic mass is 10.1. The molecule has 0 amide bonds. The van der Waals surface area contributed by atoms with Crippen LogP contribution in [-0.4, -0.2) is 43.1 Å². The summed E-state index contributed by atoms with van der Waals surface area (Å²) >= 11 is 0. The van der Waals surface area contributed by atoms with Crippen LogP contribution in [0.4, 0.5) is 0 Å². The zero-order chi connectivity index (χ0) is 21.9. The predicted octanol–water partition coefficient (Wildman–Crippen LogP) is 3.75. The van der Waals surface area contributed by atoms with Crippen LogP contribution in [0, 0.1) is 6.92 Å². The van der Waals surface area contributed by atoms with Crippen LogP contribution < -0.4 is 15.4 Å². The van der Waals surface area contributed by atoms with E-state index < -0.39 is 0 Å². The third kappa shape index (κ3) is 8.16. The Morgan fingerprint density at radius 2 is 1.84 bits per heavy atom. The highest BCUT2D eigenvalue weighted by Gasteiger charge is 2.06. The number of aryl methyl sites for hydroxylation is 1. The number of methoxy groups -OCH3 is 1. The number of hydrogen-bond acceptors (Lipinski definition) is 4. The fourth-order valence-corrected chi connectivity index (χ4v) is 3.18. The van der Waals surface area contributed by atoms with Crippen molar-refractivity contribution in [1.29, 1.82) is 0 Å². The molecular formula is C24H32IN5O2. The first kappa shape index (κ1) is 25.7. The highest BCUT2D eigenvalue weighted by molar-refractivity contribution is 14.0. The standard InChI is InChI=1S/C24H31N5O2.HI/c1-19-8-9-22(23(14-19)31-13-12-30-3)17-27-24(25-2)26-16-20-6-4-7-21(15-20)18-29-11-5-10-28-29;/h4-11,14-15H,12-13,16-18H2,1-3H3,(H2,25,26,27);1H. The zero-order valence-electron chi connectivity index (χ0n) is 18.9. The summed E-state index contributed by atoms with van der Waals surface area (Å²) in [5.41, 5.74) is 4.63. The number of aromatic nitrogens is 2. The Bertz CT molecular complexity index is 976. The molecule has 2 N–H and O–H groups in total. The SMILES string of the molecule is CN=C(NCc1cccc(Cn2cccn2)c1)NCc1ccc(C)cc1OCCOC.I. The molecule has 0 bridgehead atoms. The van der Waals surface area contributed by atoms with Gasteiger partial charge in [-0.3, -0.25) is 9.67 Å². The summed E-state index contributed by atoms with van der Waals surface area (Å²) in [6, 6.07) is 16.6. The van der Waals surface area contributed by atoms with Crippen molar-refractivity contribution >= 4 is 29.9 Å². The molecule has 8 heteroatoms. The first-order valence-electron chi connectivity index (χ1n) is 10.4. The second-order valence-corrected chi connectivity index (χ2v) is 7.26. The summed E-state index contributed by atoms with van der Waals surface area (Å²) in [5.74, 6) is 1.60. The van der Waals surface area contributed by atoms with Crippen LogP contribution in [-0.2, 0) is 24.4 Å². The first-order valence-corrected chi connectivity index (χ1v) is 10.4. The van der Waals surface area contributed by atoms with E-state index in [1.54, 1.807) is 20.4 Å². The number of hydrogen-bond donors (Lipinski definition) is 2. The van der Waals surface area contributed by atoms with Crippen molar-refractivity contribution in [3.8, 4) is 5.75 Å². The van der Waals surface area contributed by atoms with Gasteiger partial charge in [0.1, 0.15) is 12.4 Å². The molecule has 0 spiro atoms. The fraction of sp³-hybridized carbons (Fsp3) is 0.333. The molecule has 1 heterocycles. The molecule has 32 heavy (non-hydrogen) atoms. The molecule has 0 aliphatic carbocycles. The summed E-state index contributed by atoms with van der Waals surface area (Å²) in [7, 11) is 3.44. The van der Waals surface area contributed by atoms with Crippen LogP contribution in [0.2, 0.25) is 0 Å². The van der Waals surface area contributed by atoms with Crippen LogP contribution in [0.5, 0.6) is 5.75 Å².